The van der Waals surface area contributed by atoms with Crippen LogP contribution in [0.25, 0.3) is 0 Å². The van der Waals surface area contributed by atoms with Crippen LogP contribution in [0.1, 0.15) is 18.4 Å². The first-order chi connectivity index (χ1) is 11.8. The van der Waals surface area contributed by atoms with Crippen molar-refractivity contribution in [3.05, 3.63) is 35.9 Å². The predicted molar refractivity (Wildman–Crippen MR) is 92.8 cm³/mol. The van der Waals surface area contributed by atoms with Crippen molar-refractivity contribution < 1.29 is 14.2 Å². The molecule has 1 aromatic carbocycles. The third-order valence-electron chi connectivity index (χ3n) is 5.92. The van der Waals surface area contributed by atoms with Crippen LogP contribution in [-0.4, -0.2) is 57.6 Å². The maximum Gasteiger partial charge on any atom is 0.0561 e. The molecular formula is C20H29NO3. The van der Waals surface area contributed by atoms with E-state index < -0.39 is 0 Å². The summed E-state index contributed by atoms with van der Waals surface area (Å²) in [7, 11) is 0. The molecule has 3 aliphatic heterocycles. The average molecular weight is 331 g/mol. The minimum atomic E-state index is 0.208. The van der Waals surface area contributed by atoms with Gasteiger partial charge in [-0.15, -0.1) is 0 Å². The average Bonchev–Trinajstić information content (AvgIpc) is 3.13. The summed E-state index contributed by atoms with van der Waals surface area (Å²) in [5.41, 5.74) is 1.61. The lowest BCUT2D eigenvalue weighted by Crippen LogP contribution is -2.36. The Labute approximate surface area is 145 Å². The molecule has 4 nitrogen and oxygen atoms in total. The lowest BCUT2D eigenvalue weighted by Gasteiger charge is -2.29. The van der Waals surface area contributed by atoms with Crippen LogP contribution in [-0.2, 0) is 20.8 Å². The van der Waals surface area contributed by atoms with Gasteiger partial charge in [0.2, 0.25) is 0 Å². The predicted octanol–water partition coefficient (Wildman–Crippen LogP) is 2.58. The largest absolute Gasteiger partial charge is 0.381 e. The van der Waals surface area contributed by atoms with E-state index in [1.54, 1.807) is 0 Å². The van der Waals surface area contributed by atoms with Crippen LogP contribution in [0.15, 0.2) is 30.3 Å². The number of rotatable bonds is 6. The Hall–Kier alpha value is -0.940. The Morgan fingerprint density at radius 2 is 1.96 bits per heavy atom. The van der Waals surface area contributed by atoms with Crippen LogP contribution < -0.4 is 0 Å². The third kappa shape index (κ3) is 3.67. The van der Waals surface area contributed by atoms with Gasteiger partial charge >= 0.3 is 0 Å². The van der Waals surface area contributed by atoms with E-state index in [9.17, 15) is 0 Å². The van der Waals surface area contributed by atoms with E-state index in [1.165, 1.54) is 5.56 Å². The summed E-state index contributed by atoms with van der Waals surface area (Å²) in [6.07, 6.45) is 2.29. The molecular weight excluding hydrogens is 302 g/mol. The van der Waals surface area contributed by atoms with Gasteiger partial charge in [0.05, 0.1) is 19.8 Å². The molecule has 0 saturated carbocycles. The van der Waals surface area contributed by atoms with E-state index in [4.69, 9.17) is 14.2 Å². The lowest BCUT2D eigenvalue weighted by atomic mass is 9.82. The Kier molecular flexibility index (Phi) is 5.18. The Bertz CT molecular complexity index is 517. The highest BCUT2D eigenvalue weighted by Crippen LogP contribution is 2.42. The molecule has 1 aromatic rings. The molecule has 0 aliphatic carbocycles. The maximum atomic E-state index is 6.20. The number of nitrogens with zero attached hydrogens (tertiary/aromatic N) is 1. The minimum absolute atomic E-state index is 0.208. The Morgan fingerprint density at radius 3 is 2.79 bits per heavy atom. The van der Waals surface area contributed by atoms with E-state index in [-0.39, 0.29) is 5.41 Å². The van der Waals surface area contributed by atoms with Gasteiger partial charge in [-0.25, -0.2) is 0 Å². The summed E-state index contributed by atoms with van der Waals surface area (Å²) in [5.74, 6) is 1.30. The van der Waals surface area contributed by atoms with Crippen LogP contribution >= 0.6 is 0 Å². The molecule has 0 spiro atoms. The van der Waals surface area contributed by atoms with Crippen molar-refractivity contribution in [3.8, 4) is 0 Å². The van der Waals surface area contributed by atoms with Crippen molar-refractivity contribution in [2.45, 2.75) is 19.4 Å². The second kappa shape index (κ2) is 7.52. The molecule has 3 aliphatic rings. The number of likely N-dealkylation sites (tertiary alicyclic amines) is 1. The second-order valence-electron chi connectivity index (χ2n) is 7.80. The highest BCUT2D eigenvalue weighted by Gasteiger charge is 2.50. The molecule has 132 valence electrons. The maximum absolute atomic E-state index is 6.20. The van der Waals surface area contributed by atoms with Gasteiger partial charge in [0.25, 0.3) is 0 Å². The zero-order valence-electron chi connectivity index (χ0n) is 14.5. The summed E-state index contributed by atoms with van der Waals surface area (Å²) in [5, 5.41) is 0. The SMILES string of the molecule is c1ccc(CN2C[C@H]3COC[C@@]3(COCC3CCOCC3)C2)cc1. The van der Waals surface area contributed by atoms with Crippen molar-refractivity contribution in [1.82, 2.24) is 4.90 Å². The molecule has 24 heavy (non-hydrogen) atoms. The van der Waals surface area contributed by atoms with Gasteiger partial charge in [-0.3, -0.25) is 4.90 Å². The number of ether oxygens (including phenoxy) is 3. The topological polar surface area (TPSA) is 30.9 Å². The van der Waals surface area contributed by atoms with Crippen molar-refractivity contribution in [2.24, 2.45) is 17.3 Å². The summed E-state index contributed by atoms with van der Waals surface area (Å²) >= 11 is 0. The fraction of sp³-hybridized carbons (Fsp3) is 0.700. The molecule has 0 radical (unpaired) electrons. The van der Waals surface area contributed by atoms with Crippen molar-refractivity contribution in [2.75, 3.05) is 52.7 Å². The summed E-state index contributed by atoms with van der Waals surface area (Å²) in [4.78, 5) is 2.58. The zero-order valence-corrected chi connectivity index (χ0v) is 14.5. The van der Waals surface area contributed by atoms with Gasteiger partial charge < -0.3 is 14.2 Å². The smallest absolute Gasteiger partial charge is 0.0561 e. The highest BCUT2D eigenvalue weighted by atomic mass is 16.5. The standard InChI is InChI=1S/C20H29NO3/c1-2-4-17(5-3-1)10-21-11-19-13-24-16-20(19,14-21)15-23-12-18-6-8-22-9-7-18/h1-5,18-19H,6-16H2/t19-,20-/m0/s1. The highest BCUT2D eigenvalue weighted by molar-refractivity contribution is 5.15. The molecule has 0 N–H and O–H groups in total. The third-order valence-corrected chi connectivity index (χ3v) is 5.92. The van der Waals surface area contributed by atoms with Crippen molar-refractivity contribution >= 4 is 0 Å². The van der Waals surface area contributed by atoms with Gasteiger partial charge in [-0.2, -0.15) is 0 Å². The van der Waals surface area contributed by atoms with Crippen LogP contribution in [0.2, 0.25) is 0 Å². The van der Waals surface area contributed by atoms with Crippen LogP contribution in [0.5, 0.6) is 0 Å². The van der Waals surface area contributed by atoms with E-state index >= 15 is 0 Å². The molecule has 4 heteroatoms. The number of benzene rings is 1. The van der Waals surface area contributed by atoms with Gasteiger partial charge in [-0.05, 0) is 24.3 Å². The molecule has 0 unspecified atom stereocenters. The summed E-state index contributed by atoms with van der Waals surface area (Å²) in [6.45, 7) is 8.56. The Morgan fingerprint density at radius 1 is 1.12 bits per heavy atom. The first kappa shape index (κ1) is 16.5. The monoisotopic (exact) mass is 331 g/mol. The van der Waals surface area contributed by atoms with E-state index in [1.807, 2.05) is 0 Å². The molecule has 3 saturated heterocycles. The second-order valence-corrected chi connectivity index (χ2v) is 7.80. The number of hydrogen-bond donors (Lipinski definition) is 0. The molecule has 0 aromatic heterocycles. The van der Waals surface area contributed by atoms with Crippen molar-refractivity contribution in [1.29, 1.82) is 0 Å². The van der Waals surface area contributed by atoms with E-state index in [0.717, 1.165) is 72.1 Å². The molecule has 0 amide bonds. The zero-order chi connectivity index (χ0) is 16.2. The van der Waals surface area contributed by atoms with Crippen LogP contribution in [0.3, 0.4) is 0 Å². The fourth-order valence-electron chi connectivity index (χ4n) is 4.45. The van der Waals surface area contributed by atoms with E-state index in [2.05, 4.69) is 35.2 Å². The first-order valence-corrected chi connectivity index (χ1v) is 9.34. The quantitative estimate of drug-likeness (QED) is 0.802. The first-order valence-electron chi connectivity index (χ1n) is 9.34. The van der Waals surface area contributed by atoms with E-state index in [0.29, 0.717) is 11.8 Å². The number of hydrogen-bond acceptors (Lipinski definition) is 4. The lowest BCUT2D eigenvalue weighted by molar-refractivity contribution is -0.0157. The van der Waals surface area contributed by atoms with Gasteiger partial charge in [-0.1, -0.05) is 30.3 Å². The van der Waals surface area contributed by atoms with Crippen molar-refractivity contribution in [3.63, 3.8) is 0 Å². The summed E-state index contributed by atoms with van der Waals surface area (Å²) < 4.78 is 17.5. The van der Waals surface area contributed by atoms with Gasteiger partial charge in [0.15, 0.2) is 0 Å². The van der Waals surface area contributed by atoms with Crippen LogP contribution in [0, 0.1) is 17.3 Å². The summed E-state index contributed by atoms with van der Waals surface area (Å²) in [6, 6.07) is 10.8. The minimum Gasteiger partial charge on any atom is -0.381 e. The fourth-order valence-corrected chi connectivity index (χ4v) is 4.45. The molecule has 3 fully saturated rings. The number of fused-ring (bicyclic) bond motifs is 1. The Balaban J connectivity index is 1.31. The normalized spacial score (nSPS) is 31.4. The molecule has 0 bridgehead atoms. The molecule has 4 rings (SSSR count). The van der Waals surface area contributed by atoms with Crippen LogP contribution in [0.4, 0.5) is 0 Å². The molecule has 2 atom stereocenters. The van der Waals surface area contributed by atoms with Gasteiger partial charge in [0, 0.05) is 50.8 Å². The molecule has 3 heterocycles. The van der Waals surface area contributed by atoms with Gasteiger partial charge in [0.1, 0.15) is 0 Å².